The van der Waals surface area contributed by atoms with E-state index in [4.69, 9.17) is 16.7 Å². The van der Waals surface area contributed by atoms with E-state index in [1.165, 1.54) is 0 Å². The van der Waals surface area contributed by atoms with Crippen LogP contribution >= 0.6 is 11.6 Å². The highest BCUT2D eigenvalue weighted by atomic mass is 35.5. The Balaban J connectivity index is 2.23. The summed E-state index contributed by atoms with van der Waals surface area (Å²) in [7, 11) is 0. The minimum atomic E-state index is -1.01. The summed E-state index contributed by atoms with van der Waals surface area (Å²) in [5.41, 5.74) is 0.958. The third-order valence-electron chi connectivity index (χ3n) is 2.61. The lowest BCUT2D eigenvalue weighted by Gasteiger charge is -2.07. The summed E-state index contributed by atoms with van der Waals surface area (Å²) < 4.78 is 0. The van der Waals surface area contributed by atoms with Crippen LogP contribution in [0.3, 0.4) is 0 Å². The highest BCUT2D eigenvalue weighted by Crippen LogP contribution is 2.27. The number of amides is 1. The zero-order valence-electron chi connectivity index (χ0n) is 9.11. The second kappa shape index (κ2) is 5.06. The maximum atomic E-state index is 10.3. The van der Waals surface area contributed by atoms with Crippen LogP contribution in [0.25, 0.3) is 10.8 Å². The van der Waals surface area contributed by atoms with Gasteiger partial charge in [-0.3, -0.25) is 0 Å². The molecule has 17 heavy (non-hydrogen) atoms. The van der Waals surface area contributed by atoms with Crippen molar-refractivity contribution in [1.82, 2.24) is 5.32 Å². The third-order valence-corrected chi connectivity index (χ3v) is 3.06. The van der Waals surface area contributed by atoms with Gasteiger partial charge in [-0.15, -0.1) is 0 Å². The van der Waals surface area contributed by atoms with Crippen LogP contribution in [0, 0.1) is 0 Å². The smallest absolute Gasteiger partial charge is 0.404 e. The maximum Gasteiger partial charge on any atom is 0.404 e. The summed E-state index contributed by atoms with van der Waals surface area (Å²) in [6, 6.07) is 11.8. The van der Waals surface area contributed by atoms with Gasteiger partial charge >= 0.3 is 6.09 Å². The Morgan fingerprint density at radius 2 is 2.00 bits per heavy atom. The molecule has 0 unspecified atom stereocenters. The van der Waals surface area contributed by atoms with Crippen molar-refractivity contribution in [2.24, 2.45) is 0 Å². The lowest BCUT2D eigenvalue weighted by Crippen LogP contribution is -2.23. The molecule has 88 valence electrons. The monoisotopic (exact) mass is 249 g/mol. The van der Waals surface area contributed by atoms with Crippen LogP contribution in [0.4, 0.5) is 4.79 Å². The molecule has 0 saturated heterocycles. The summed E-state index contributed by atoms with van der Waals surface area (Å²) in [5.74, 6) is 0. The lowest BCUT2D eigenvalue weighted by atomic mass is 10.0. The lowest BCUT2D eigenvalue weighted by molar-refractivity contribution is 0.194. The Morgan fingerprint density at radius 3 is 2.76 bits per heavy atom. The van der Waals surface area contributed by atoms with Crippen LogP contribution in [-0.2, 0) is 6.42 Å². The Bertz CT molecular complexity index is 554. The molecule has 0 radical (unpaired) electrons. The summed E-state index contributed by atoms with van der Waals surface area (Å²) in [6.45, 7) is 0.368. The molecule has 2 aromatic carbocycles. The summed E-state index contributed by atoms with van der Waals surface area (Å²) in [4.78, 5) is 10.3. The quantitative estimate of drug-likeness (QED) is 0.877. The van der Waals surface area contributed by atoms with E-state index >= 15 is 0 Å². The van der Waals surface area contributed by atoms with Gasteiger partial charge in [0, 0.05) is 11.9 Å². The second-order valence-corrected chi connectivity index (χ2v) is 4.12. The van der Waals surface area contributed by atoms with Crippen molar-refractivity contribution in [3.63, 3.8) is 0 Å². The van der Waals surface area contributed by atoms with Crippen molar-refractivity contribution in [1.29, 1.82) is 0 Å². The first kappa shape index (κ1) is 11.7. The Kier molecular flexibility index (Phi) is 3.49. The zero-order valence-corrected chi connectivity index (χ0v) is 9.87. The number of hydrogen-bond donors (Lipinski definition) is 2. The van der Waals surface area contributed by atoms with Crippen LogP contribution < -0.4 is 5.32 Å². The van der Waals surface area contributed by atoms with Gasteiger partial charge in [-0.05, 0) is 17.4 Å². The molecule has 0 atom stereocenters. The summed E-state index contributed by atoms with van der Waals surface area (Å²) in [6.07, 6.45) is -0.419. The van der Waals surface area contributed by atoms with Crippen molar-refractivity contribution in [2.75, 3.05) is 6.54 Å². The molecular weight excluding hydrogens is 238 g/mol. The number of carboxylic acid groups (broad SMARTS) is 1. The zero-order chi connectivity index (χ0) is 12.3. The molecule has 0 fully saturated rings. The van der Waals surface area contributed by atoms with E-state index in [1.54, 1.807) is 0 Å². The predicted molar refractivity (Wildman–Crippen MR) is 68.7 cm³/mol. The van der Waals surface area contributed by atoms with Crippen LogP contribution in [0.5, 0.6) is 0 Å². The minimum absolute atomic E-state index is 0.368. The molecule has 1 amide bonds. The Morgan fingerprint density at radius 1 is 1.24 bits per heavy atom. The fraction of sp³-hybridized carbons (Fsp3) is 0.154. The molecule has 0 aliphatic heterocycles. The van der Waals surface area contributed by atoms with Gasteiger partial charge in [0.2, 0.25) is 0 Å². The highest BCUT2D eigenvalue weighted by molar-refractivity contribution is 6.36. The predicted octanol–water partition coefficient (Wildman–Crippen LogP) is 3.30. The van der Waals surface area contributed by atoms with E-state index in [0.717, 1.165) is 16.3 Å². The SMILES string of the molecule is O=C(O)NCCc1ccc2ccccc2c1Cl. The number of benzene rings is 2. The topological polar surface area (TPSA) is 49.3 Å². The first-order valence-electron chi connectivity index (χ1n) is 5.31. The van der Waals surface area contributed by atoms with E-state index in [1.807, 2.05) is 36.4 Å². The summed E-state index contributed by atoms with van der Waals surface area (Å²) >= 11 is 6.28. The number of fused-ring (bicyclic) bond motifs is 1. The van der Waals surface area contributed by atoms with Crippen LogP contribution in [0.2, 0.25) is 5.02 Å². The molecule has 0 aromatic heterocycles. The highest BCUT2D eigenvalue weighted by Gasteiger charge is 2.05. The van der Waals surface area contributed by atoms with Crippen molar-refractivity contribution < 1.29 is 9.90 Å². The van der Waals surface area contributed by atoms with Crippen LogP contribution in [0.1, 0.15) is 5.56 Å². The standard InChI is InChI=1S/C13H12ClNO2/c14-12-10(7-8-15-13(16)17)6-5-9-3-1-2-4-11(9)12/h1-6,15H,7-8H2,(H,16,17). The minimum Gasteiger partial charge on any atom is -0.465 e. The van der Waals surface area contributed by atoms with Gasteiger partial charge in [0.1, 0.15) is 0 Å². The molecule has 4 heteroatoms. The Labute approximate surface area is 104 Å². The molecule has 2 N–H and O–H groups in total. The molecular formula is C13H12ClNO2. The number of carbonyl (C=O) groups is 1. The molecule has 0 spiro atoms. The third kappa shape index (κ3) is 2.68. The molecule has 2 rings (SSSR count). The molecule has 0 heterocycles. The van der Waals surface area contributed by atoms with Crippen LogP contribution in [0.15, 0.2) is 36.4 Å². The number of rotatable bonds is 3. The normalized spacial score (nSPS) is 10.4. The van der Waals surface area contributed by atoms with Gasteiger partial charge in [0.05, 0.1) is 5.02 Å². The second-order valence-electron chi connectivity index (χ2n) is 3.74. The first-order chi connectivity index (χ1) is 8.18. The molecule has 0 aliphatic carbocycles. The van der Waals surface area contributed by atoms with Gasteiger partial charge in [-0.1, -0.05) is 48.0 Å². The van der Waals surface area contributed by atoms with E-state index in [-0.39, 0.29) is 0 Å². The number of nitrogens with one attached hydrogen (secondary N) is 1. The average molecular weight is 250 g/mol. The van der Waals surface area contributed by atoms with E-state index < -0.39 is 6.09 Å². The fourth-order valence-corrected chi connectivity index (χ4v) is 2.11. The van der Waals surface area contributed by atoms with E-state index in [9.17, 15) is 4.79 Å². The molecule has 0 saturated carbocycles. The number of hydrogen-bond acceptors (Lipinski definition) is 1. The average Bonchev–Trinajstić information content (AvgIpc) is 2.32. The number of halogens is 1. The van der Waals surface area contributed by atoms with Gasteiger partial charge in [-0.2, -0.15) is 0 Å². The molecule has 0 aliphatic rings. The van der Waals surface area contributed by atoms with E-state index in [0.29, 0.717) is 18.0 Å². The van der Waals surface area contributed by atoms with E-state index in [2.05, 4.69) is 5.32 Å². The maximum absolute atomic E-state index is 10.3. The van der Waals surface area contributed by atoms with Crippen molar-refractivity contribution >= 4 is 28.5 Å². The van der Waals surface area contributed by atoms with Gasteiger partial charge in [-0.25, -0.2) is 4.79 Å². The van der Waals surface area contributed by atoms with Crippen molar-refractivity contribution in [3.8, 4) is 0 Å². The molecule has 2 aromatic rings. The summed E-state index contributed by atoms with van der Waals surface area (Å²) in [5, 5.41) is 13.6. The molecule has 0 bridgehead atoms. The van der Waals surface area contributed by atoms with Gasteiger partial charge in [0.15, 0.2) is 0 Å². The van der Waals surface area contributed by atoms with Gasteiger partial charge in [0.25, 0.3) is 0 Å². The first-order valence-corrected chi connectivity index (χ1v) is 5.69. The van der Waals surface area contributed by atoms with Crippen molar-refractivity contribution in [3.05, 3.63) is 47.0 Å². The molecule has 3 nitrogen and oxygen atoms in total. The van der Waals surface area contributed by atoms with Crippen molar-refractivity contribution in [2.45, 2.75) is 6.42 Å². The van der Waals surface area contributed by atoms with Crippen LogP contribution in [-0.4, -0.2) is 17.7 Å². The fourth-order valence-electron chi connectivity index (χ4n) is 1.78. The largest absolute Gasteiger partial charge is 0.465 e. The Hall–Kier alpha value is -1.74. The van der Waals surface area contributed by atoms with Gasteiger partial charge < -0.3 is 10.4 Å².